The highest BCUT2D eigenvalue weighted by Gasteiger charge is 2.11. The normalized spacial score (nSPS) is 10.9. The molecule has 122 valence electrons. The quantitative estimate of drug-likeness (QED) is 0.323. The van der Waals surface area contributed by atoms with Crippen LogP contribution in [0.15, 0.2) is 72.8 Å². The molecule has 25 heavy (non-hydrogen) atoms. The SMILES string of the molecule is C=C(C)C(=O)Oc1ccc2cccc(-n3nc4ccccc4n3)c2c1. The number of fused-ring (bicyclic) bond motifs is 2. The fourth-order valence-electron chi connectivity index (χ4n) is 2.63. The van der Waals surface area contributed by atoms with Crippen LogP contribution >= 0.6 is 0 Å². The van der Waals surface area contributed by atoms with Crippen LogP contribution in [-0.4, -0.2) is 21.0 Å². The van der Waals surface area contributed by atoms with Crippen LogP contribution in [-0.2, 0) is 4.79 Å². The Morgan fingerprint density at radius 1 is 1.00 bits per heavy atom. The number of carbonyl (C=O) groups is 1. The molecule has 0 aliphatic carbocycles. The van der Waals surface area contributed by atoms with E-state index in [1.54, 1.807) is 17.8 Å². The predicted molar refractivity (Wildman–Crippen MR) is 96.8 cm³/mol. The fourth-order valence-corrected chi connectivity index (χ4v) is 2.63. The van der Waals surface area contributed by atoms with E-state index in [0.29, 0.717) is 11.3 Å². The molecule has 0 bridgehead atoms. The maximum atomic E-state index is 11.8. The number of esters is 1. The van der Waals surface area contributed by atoms with Gasteiger partial charge in [-0.2, -0.15) is 0 Å². The van der Waals surface area contributed by atoms with E-state index in [1.165, 1.54) is 0 Å². The standard InChI is InChI=1S/C20H15N3O2/c1-13(2)20(24)25-15-11-10-14-6-5-9-19(16(14)12-15)23-21-17-7-3-4-8-18(17)22-23/h3-12H,1H2,2H3. The van der Waals surface area contributed by atoms with Crippen molar-refractivity contribution in [3.63, 3.8) is 0 Å². The Hall–Kier alpha value is -3.47. The third-order valence-electron chi connectivity index (χ3n) is 3.89. The van der Waals surface area contributed by atoms with Crippen molar-refractivity contribution in [3.8, 4) is 11.4 Å². The molecule has 0 aliphatic heterocycles. The average Bonchev–Trinajstić information content (AvgIpc) is 3.05. The average molecular weight is 329 g/mol. The number of aromatic nitrogens is 3. The van der Waals surface area contributed by atoms with E-state index in [1.807, 2.05) is 54.6 Å². The van der Waals surface area contributed by atoms with Crippen LogP contribution in [0.2, 0.25) is 0 Å². The molecule has 1 aromatic heterocycles. The van der Waals surface area contributed by atoms with E-state index in [0.717, 1.165) is 27.5 Å². The zero-order valence-corrected chi connectivity index (χ0v) is 13.6. The Kier molecular flexibility index (Phi) is 3.54. The van der Waals surface area contributed by atoms with E-state index in [4.69, 9.17) is 4.74 Å². The van der Waals surface area contributed by atoms with Gasteiger partial charge in [0.2, 0.25) is 0 Å². The number of ether oxygens (including phenoxy) is 1. The zero-order chi connectivity index (χ0) is 17.4. The molecule has 0 saturated heterocycles. The molecule has 5 heteroatoms. The molecule has 4 aromatic rings. The molecular weight excluding hydrogens is 314 g/mol. The van der Waals surface area contributed by atoms with E-state index in [9.17, 15) is 4.79 Å². The minimum atomic E-state index is -0.445. The van der Waals surface area contributed by atoms with Gasteiger partial charge in [0, 0.05) is 11.0 Å². The predicted octanol–water partition coefficient (Wildman–Crippen LogP) is 4.06. The maximum absolute atomic E-state index is 11.8. The van der Waals surface area contributed by atoms with Gasteiger partial charge in [0.05, 0.1) is 5.69 Å². The number of hydrogen-bond donors (Lipinski definition) is 0. The van der Waals surface area contributed by atoms with Crippen LogP contribution in [0.4, 0.5) is 0 Å². The fraction of sp³-hybridized carbons (Fsp3) is 0.0500. The summed E-state index contributed by atoms with van der Waals surface area (Å²) >= 11 is 0. The number of hydrogen-bond acceptors (Lipinski definition) is 4. The van der Waals surface area contributed by atoms with E-state index in [2.05, 4.69) is 16.8 Å². The summed E-state index contributed by atoms with van der Waals surface area (Å²) in [6.07, 6.45) is 0. The first-order chi connectivity index (χ1) is 12.1. The molecule has 0 unspecified atom stereocenters. The van der Waals surface area contributed by atoms with Gasteiger partial charge in [-0.1, -0.05) is 36.9 Å². The monoisotopic (exact) mass is 329 g/mol. The smallest absolute Gasteiger partial charge is 0.338 e. The van der Waals surface area contributed by atoms with Gasteiger partial charge in [0.1, 0.15) is 16.8 Å². The molecule has 4 rings (SSSR count). The van der Waals surface area contributed by atoms with E-state index >= 15 is 0 Å². The van der Waals surface area contributed by atoms with Crippen LogP contribution in [0.1, 0.15) is 6.92 Å². The van der Waals surface area contributed by atoms with Crippen LogP contribution in [0.3, 0.4) is 0 Å². The summed E-state index contributed by atoms with van der Waals surface area (Å²) in [4.78, 5) is 13.4. The van der Waals surface area contributed by atoms with Crippen molar-refractivity contribution in [2.45, 2.75) is 6.92 Å². The Labute approximate surface area is 144 Å². The second kappa shape index (κ2) is 5.87. The third kappa shape index (κ3) is 2.76. The summed E-state index contributed by atoms with van der Waals surface area (Å²) in [5, 5.41) is 11.0. The molecule has 0 radical (unpaired) electrons. The molecule has 0 spiro atoms. The molecule has 0 fully saturated rings. The van der Waals surface area contributed by atoms with Crippen molar-refractivity contribution in [1.29, 1.82) is 0 Å². The van der Waals surface area contributed by atoms with Crippen molar-refractivity contribution < 1.29 is 9.53 Å². The Morgan fingerprint density at radius 2 is 1.72 bits per heavy atom. The Bertz CT molecular complexity index is 1100. The molecule has 0 atom stereocenters. The number of carbonyl (C=O) groups excluding carboxylic acids is 1. The topological polar surface area (TPSA) is 57.0 Å². The zero-order valence-electron chi connectivity index (χ0n) is 13.6. The lowest BCUT2D eigenvalue weighted by Crippen LogP contribution is -2.08. The van der Waals surface area contributed by atoms with Gasteiger partial charge >= 0.3 is 5.97 Å². The van der Waals surface area contributed by atoms with Crippen LogP contribution < -0.4 is 4.74 Å². The Balaban J connectivity index is 1.85. The lowest BCUT2D eigenvalue weighted by atomic mass is 10.1. The number of rotatable bonds is 3. The summed E-state index contributed by atoms with van der Waals surface area (Å²) in [5.74, 6) is 0.0180. The summed E-state index contributed by atoms with van der Waals surface area (Å²) in [6.45, 7) is 5.22. The summed E-state index contributed by atoms with van der Waals surface area (Å²) in [7, 11) is 0. The van der Waals surface area contributed by atoms with Crippen molar-refractivity contribution in [2.75, 3.05) is 0 Å². The second-order valence-electron chi connectivity index (χ2n) is 5.81. The van der Waals surface area contributed by atoms with Crippen molar-refractivity contribution in [2.24, 2.45) is 0 Å². The van der Waals surface area contributed by atoms with Crippen LogP contribution in [0.5, 0.6) is 5.75 Å². The van der Waals surface area contributed by atoms with Gasteiger partial charge in [-0.25, -0.2) is 4.79 Å². The molecule has 3 aromatic carbocycles. The van der Waals surface area contributed by atoms with Crippen molar-refractivity contribution in [1.82, 2.24) is 15.0 Å². The molecule has 0 saturated carbocycles. The lowest BCUT2D eigenvalue weighted by Gasteiger charge is -2.08. The highest BCUT2D eigenvalue weighted by Crippen LogP contribution is 2.27. The van der Waals surface area contributed by atoms with Gasteiger partial charge in [-0.15, -0.1) is 15.0 Å². The molecule has 1 heterocycles. The summed E-state index contributed by atoms with van der Waals surface area (Å²) < 4.78 is 5.35. The second-order valence-corrected chi connectivity index (χ2v) is 5.81. The van der Waals surface area contributed by atoms with E-state index in [-0.39, 0.29) is 0 Å². The lowest BCUT2D eigenvalue weighted by molar-refractivity contribution is -0.130. The number of nitrogens with zero attached hydrogens (tertiary/aromatic N) is 3. The summed E-state index contributed by atoms with van der Waals surface area (Å²) in [5.41, 5.74) is 2.82. The van der Waals surface area contributed by atoms with Gasteiger partial charge < -0.3 is 4.74 Å². The highest BCUT2D eigenvalue weighted by molar-refractivity contribution is 5.93. The molecule has 0 N–H and O–H groups in total. The first kappa shape index (κ1) is 15.1. The minimum Gasteiger partial charge on any atom is -0.423 e. The van der Waals surface area contributed by atoms with Crippen LogP contribution in [0.25, 0.3) is 27.5 Å². The number of benzene rings is 3. The van der Waals surface area contributed by atoms with Gasteiger partial charge in [-0.05, 0) is 42.6 Å². The van der Waals surface area contributed by atoms with Gasteiger partial charge in [-0.3, -0.25) is 0 Å². The van der Waals surface area contributed by atoms with Gasteiger partial charge in [0.15, 0.2) is 0 Å². The first-order valence-electron chi connectivity index (χ1n) is 7.85. The third-order valence-corrected chi connectivity index (χ3v) is 3.89. The Morgan fingerprint density at radius 3 is 2.40 bits per heavy atom. The molecule has 0 amide bonds. The molecule has 5 nitrogen and oxygen atoms in total. The molecular formula is C20H15N3O2. The first-order valence-corrected chi connectivity index (χ1v) is 7.85. The van der Waals surface area contributed by atoms with Crippen molar-refractivity contribution >= 4 is 27.8 Å². The maximum Gasteiger partial charge on any atom is 0.338 e. The molecule has 0 aliphatic rings. The minimum absolute atomic E-state index is 0.355. The largest absolute Gasteiger partial charge is 0.423 e. The van der Waals surface area contributed by atoms with Gasteiger partial charge in [0.25, 0.3) is 0 Å². The van der Waals surface area contributed by atoms with Crippen LogP contribution in [0, 0.1) is 0 Å². The van der Waals surface area contributed by atoms with E-state index < -0.39 is 5.97 Å². The highest BCUT2D eigenvalue weighted by atomic mass is 16.5. The summed E-state index contributed by atoms with van der Waals surface area (Å²) in [6, 6.07) is 19.1. The van der Waals surface area contributed by atoms with Crippen molar-refractivity contribution in [3.05, 3.63) is 72.8 Å².